The first-order valence-corrected chi connectivity index (χ1v) is 30.7. The maximum atomic E-state index is 13.4. The van der Waals surface area contributed by atoms with Gasteiger partial charge >= 0.3 is 271 Å². The maximum absolute atomic E-state index is 13.4. The van der Waals surface area contributed by atoms with E-state index in [0.29, 0.717) is 19.1 Å². The molecule has 0 saturated heterocycles. The van der Waals surface area contributed by atoms with Crippen molar-refractivity contribution in [3.05, 3.63) is 39.7 Å². The summed E-state index contributed by atoms with van der Waals surface area (Å²) in [5.74, 6) is 1.18. The van der Waals surface area contributed by atoms with Gasteiger partial charge in [-0.05, 0) is 0 Å². The van der Waals surface area contributed by atoms with E-state index < -0.39 is 26.5 Å². The Bertz CT molecular complexity index is 1010. The van der Waals surface area contributed by atoms with Gasteiger partial charge in [-0.1, -0.05) is 0 Å². The van der Waals surface area contributed by atoms with Crippen LogP contribution in [0.3, 0.4) is 0 Å². The fourth-order valence-electron chi connectivity index (χ4n) is 5.45. The van der Waals surface area contributed by atoms with Gasteiger partial charge in [-0.25, -0.2) is 0 Å². The molecule has 0 unspecified atom stereocenters. The van der Waals surface area contributed by atoms with Gasteiger partial charge in [0.15, 0.2) is 0 Å². The molecule has 45 heavy (non-hydrogen) atoms. The van der Waals surface area contributed by atoms with Gasteiger partial charge < -0.3 is 4.74 Å². The topological polar surface area (TPSA) is 66.5 Å². The molecular formula is C36H67NO6SiSn. The number of methoxy groups -OCH3 is 1. The van der Waals surface area contributed by atoms with Gasteiger partial charge in [0.1, 0.15) is 0 Å². The number of amides is 1. The number of carbonyl (C=O) groups is 1. The van der Waals surface area contributed by atoms with E-state index in [9.17, 15) is 4.79 Å². The molecule has 9 heteroatoms. The Hall–Kier alpha value is -1.07. The van der Waals surface area contributed by atoms with Crippen molar-refractivity contribution in [3.8, 4) is 5.75 Å². The van der Waals surface area contributed by atoms with E-state index >= 15 is 0 Å². The number of rotatable bonds is 20. The molecule has 1 amide bonds. The molecule has 260 valence electrons. The van der Waals surface area contributed by atoms with Crippen LogP contribution in [-0.4, -0.2) is 82.2 Å². The molecule has 0 N–H and O–H groups in total. The van der Waals surface area contributed by atoms with Crippen molar-refractivity contribution in [3.63, 3.8) is 0 Å². The van der Waals surface area contributed by atoms with Crippen LogP contribution in [-0.2, 0) is 25.6 Å². The monoisotopic (exact) mass is 757 g/mol. The molecule has 7 nitrogen and oxygen atoms in total. The molecule has 0 aliphatic rings. The normalized spacial score (nSPS) is 16.3. The minimum atomic E-state index is -2.87. The van der Waals surface area contributed by atoms with E-state index in [2.05, 4.69) is 80.4 Å². The second kappa shape index (κ2) is 19.7. The van der Waals surface area contributed by atoms with Crippen molar-refractivity contribution >= 4 is 32.5 Å². The number of carbonyl (C=O) groups excluding carboxylic acids is 1. The van der Waals surface area contributed by atoms with Crippen LogP contribution in [0.25, 0.3) is 0 Å². The fourth-order valence-corrected chi connectivity index (χ4v) is 9.51. The summed E-state index contributed by atoms with van der Waals surface area (Å²) >= 11 is -2.87. The summed E-state index contributed by atoms with van der Waals surface area (Å²) in [4.78, 5) is 22.1. The van der Waals surface area contributed by atoms with E-state index in [-0.39, 0.29) is 49.0 Å². The number of hydrogen-bond donors (Lipinski definition) is 0. The van der Waals surface area contributed by atoms with Crippen molar-refractivity contribution in [2.24, 2.45) is 17.8 Å². The fraction of sp³-hybridized carbons (Fsp3) is 0.750. The summed E-state index contributed by atoms with van der Waals surface area (Å²) in [6.07, 6.45) is 2.66. The molecule has 0 aromatic heterocycles. The van der Waals surface area contributed by atoms with Crippen molar-refractivity contribution in [1.82, 2.24) is 4.90 Å². The van der Waals surface area contributed by atoms with Crippen molar-refractivity contribution in [2.75, 3.05) is 20.5 Å². The molecule has 5 atom stereocenters. The van der Waals surface area contributed by atoms with E-state index in [1.807, 2.05) is 44.7 Å². The Balaban J connectivity index is 3.37. The predicted molar refractivity (Wildman–Crippen MR) is 193 cm³/mol. The van der Waals surface area contributed by atoms with E-state index in [0.717, 1.165) is 27.6 Å². The van der Waals surface area contributed by atoms with Crippen molar-refractivity contribution in [1.29, 1.82) is 0 Å². The molecule has 0 saturated carbocycles. The average Bonchev–Trinajstić information content (AvgIpc) is 2.93. The van der Waals surface area contributed by atoms with Gasteiger partial charge in [0.25, 0.3) is 0 Å². The number of benzene rings is 1. The summed E-state index contributed by atoms with van der Waals surface area (Å²) < 4.78 is 31.8. The quantitative estimate of drug-likeness (QED) is 0.0572. The molecule has 0 fully saturated rings. The van der Waals surface area contributed by atoms with Crippen LogP contribution in [0.1, 0.15) is 67.4 Å². The molecular weight excluding hydrogens is 689 g/mol. The Morgan fingerprint density at radius 3 is 1.96 bits per heavy atom. The standard InChI is InChI=1S/C33H58NO6Si.3CH3.Sn/c1-13-26(6)31(39-22-29-14-16-30(36-9)17-15-29)28(8)32(40-23-37-20-21-41(10,11)12)27(7)18-19-38-33(35)34(24(2)3)25(4)5;;;;/h14-18,24-28,31-32H,13,20-23H2,1-12H3;3*1H3;/t26-,27-,28+,31-,32-;;;;/m1..../s1. The molecule has 0 aliphatic carbocycles. The third-order valence-corrected chi connectivity index (χ3v) is 15.1. The third kappa shape index (κ3) is 15.1. The van der Waals surface area contributed by atoms with E-state index in [1.54, 1.807) is 7.11 Å². The molecule has 0 heterocycles. The first kappa shape index (κ1) is 41.9. The SMILES string of the molecule is CC[C@@H](C)[C@@H](OCc1ccc(OC)cc1)[C@H](C)[C@H](OCOCC[Si](C)(C)C)[C@H](C)/C=[C](/OC(=O)N(C(C)C)C(C)C)[Sn]([CH3])([CH3])[CH3]. The second-order valence-electron chi connectivity index (χ2n) is 15.4. The zero-order chi connectivity index (χ0) is 34.5. The Morgan fingerprint density at radius 2 is 1.49 bits per heavy atom. The Labute approximate surface area is 281 Å². The van der Waals surface area contributed by atoms with Crippen LogP contribution in [0.5, 0.6) is 5.75 Å². The molecule has 0 aliphatic heterocycles. The van der Waals surface area contributed by atoms with Crippen LogP contribution in [0, 0.1) is 17.8 Å². The first-order valence-electron chi connectivity index (χ1n) is 17.0. The zero-order valence-corrected chi connectivity index (χ0v) is 35.2. The van der Waals surface area contributed by atoms with Crippen molar-refractivity contribution in [2.45, 2.75) is 133 Å². The zero-order valence-electron chi connectivity index (χ0n) is 31.4. The summed E-state index contributed by atoms with van der Waals surface area (Å²) in [5.41, 5.74) is 1.10. The van der Waals surface area contributed by atoms with Crippen LogP contribution < -0.4 is 4.74 Å². The van der Waals surface area contributed by atoms with Gasteiger partial charge in [-0.3, -0.25) is 0 Å². The molecule has 1 aromatic carbocycles. The molecule has 0 radical (unpaired) electrons. The predicted octanol–water partition coefficient (Wildman–Crippen LogP) is 9.61. The molecule has 1 aromatic rings. The summed E-state index contributed by atoms with van der Waals surface area (Å²) in [5, 5.41) is 0. The van der Waals surface area contributed by atoms with Gasteiger partial charge in [-0.2, -0.15) is 0 Å². The molecule has 0 spiro atoms. The number of ether oxygens (including phenoxy) is 5. The van der Waals surface area contributed by atoms with E-state index in [4.69, 9.17) is 23.7 Å². The van der Waals surface area contributed by atoms with Gasteiger partial charge in [0.05, 0.1) is 7.11 Å². The average molecular weight is 757 g/mol. The van der Waals surface area contributed by atoms with Gasteiger partial charge in [-0.15, -0.1) is 0 Å². The molecule has 0 bridgehead atoms. The van der Waals surface area contributed by atoms with Crippen LogP contribution in [0.2, 0.25) is 40.5 Å². The summed E-state index contributed by atoms with van der Waals surface area (Å²) in [7, 11) is 0.465. The van der Waals surface area contributed by atoms with Crippen LogP contribution in [0.15, 0.2) is 34.1 Å². The second-order valence-corrected chi connectivity index (χ2v) is 35.3. The van der Waals surface area contributed by atoms with Gasteiger partial charge in [0.2, 0.25) is 0 Å². The molecule has 1 rings (SSSR count). The number of nitrogens with zero attached hydrogens (tertiary/aromatic N) is 1. The van der Waals surface area contributed by atoms with E-state index in [1.165, 1.54) is 0 Å². The van der Waals surface area contributed by atoms with Crippen molar-refractivity contribution < 1.29 is 28.5 Å². The third-order valence-electron chi connectivity index (χ3n) is 8.38. The van der Waals surface area contributed by atoms with Gasteiger partial charge in [0, 0.05) is 0 Å². The minimum absolute atomic E-state index is 0.0259. The number of hydrogen-bond acceptors (Lipinski definition) is 6. The first-order chi connectivity index (χ1) is 20.8. The Morgan fingerprint density at radius 1 is 0.911 bits per heavy atom. The summed E-state index contributed by atoms with van der Waals surface area (Å²) in [6.45, 7) is 25.5. The Kier molecular flexibility index (Phi) is 18.3. The van der Waals surface area contributed by atoms with Crippen LogP contribution in [0.4, 0.5) is 4.79 Å². The summed E-state index contributed by atoms with van der Waals surface area (Å²) in [6, 6.07) is 9.24. The van der Waals surface area contributed by atoms with Crippen LogP contribution >= 0.6 is 0 Å².